The molecule has 9 heteroatoms. The highest BCUT2D eigenvalue weighted by Gasteiger charge is 2.43. The first kappa shape index (κ1) is 22.0. The van der Waals surface area contributed by atoms with Crippen LogP contribution in [0.2, 0.25) is 0 Å². The fraction of sp³-hybridized carbons (Fsp3) is 0.350. The lowest BCUT2D eigenvalue weighted by Crippen LogP contribution is -2.13. The van der Waals surface area contributed by atoms with Crippen molar-refractivity contribution in [1.29, 1.82) is 5.26 Å². The molecule has 2 rings (SSSR count). The molecule has 0 heterocycles. The molecule has 29 heavy (non-hydrogen) atoms. The highest BCUT2D eigenvalue weighted by molar-refractivity contribution is 5.93. The molecule has 0 N–H and O–H groups in total. The monoisotopic (exact) mass is 409 g/mol. The molecule has 0 amide bonds. The largest absolute Gasteiger partial charge is 0.462 e. The summed E-state index contributed by atoms with van der Waals surface area (Å²) < 4.78 is 65.2. The van der Waals surface area contributed by atoms with Gasteiger partial charge in [-0.3, -0.25) is 4.79 Å². The van der Waals surface area contributed by atoms with Crippen LogP contribution >= 0.6 is 0 Å². The Labute approximate surface area is 163 Å². The van der Waals surface area contributed by atoms with E-state index in [0.29, 0.717) is 0 Å². The molecule has 1 saturated carbocycles. The van der Waals surface area contributed by atoms with E-state index in [9.17, 15) is 27.2 Å². The van der Waals surface area contributed by atoms with E-state index in [0.717, 1.165) is 0 Å². The zero-order chi connectivity index (χ0) is 21.7. The Balaban J connectivity index is 2.07. The van der Waals surface area contributed by atoms with Gasteiger partial charge in [0.1, 0.15) is 18.2 Å². The van der Waals surface area contributed by atoms with Crippen molar-refractivity contribution in [2.24, 2.45) is 11.8 Å². The number of esters is 2. The minimum atomic E-state index is -1.69. The van der Waals surface area contributed by atoms with E-state index in [2.05, 4.69) is 4.74 Å². The van der Waals surface area contributed by atoms with Gasteiger partial charge in [0, 0.05) is 12.0 Å². The quantitative estimate of drug-likeness (QED) is 0.173. The fourth-order valence-electron chi connectivity index (χ4n) is 2.60. The van der Waals surface area contributed by atoms with Crippen LogP contribution in [0.5, 0.6) is 0 Å². The van der Waals surface area contributed by atoms with Gasteiger partial charge in [0.15, 0.2) is 23.3 Å². The first-order chi connectivity index (χ1) is 13.8. The van der Waals surface area contributed by atoms with Gasteiger partial charge in [-0.25, -0.2) is 22.4 Å². The molecule has 1 aliphatic carbocycles. The van der Waals surface area contributed by atoms with Crippen LogP contribution in [0, 0.1) is 58.8 Å². The normalized spacial score (nSPS) is 17.8. The summed E-state index contributed by atoms with van der Waals surface area (Å²) in [6.07, 6.45) is 5.75. The number of terminal acetylenes is 1. The van der Waals surface area contributed by atoms with E-state index in [4.69, 9.17) is 16.4 Å². The lowest BCUT2D eigenvalue weighted by molar-refractivity contribution is -0.147. The van der Waals surface area contributed by atoms with E-state index in [1.165, 1.54) is 6.08 Å². The zero-order valence-corrected chi connectivity index (χ0v) is 15.2. The Morgan fingerprint density at radius 2 is 1.72 bits per heavy atom. The van der Waals surface area contributed by atoms with Gasteiger partial charge >= 0.3 is 11.9 Å². The molecule has 2 atom stereocenters. The van der Waals surface area contributed by atoms with Gasteiger partial charge < -0.3 is 9.47 Å². The number of hydrogen-bond acceptors (Lipinski definition) is 5. The number of halogens is 4. The van der Waals surface area contributed by atoms with Crippen LogP contribution in [0.4, 0.5) is 17.6 Å². The summed E-state index contributed by atoms with van der Waals surface area (Å²) in [5.41, 5.74) is -2.28. The highest BCUT2D eigenvalue weighted by atomic mass is 19.2. The lowest BCUT2D eigenvalue weighted by atomic mass is 10.1. The van der Waals surface area contributed by atoms with Crippen molar-refractivity contribution in [3.8, 4) is 18.4 Å². The average molecular weight is 409 g/mol. The van der Waals surface area contributed by atoms with Gasteiger partial charge in [-0.1, -0.05) is 6.08 Å². The molecule has 0 bridgehead atoms. The summed E-state index contributed by atoms with van der Waals surface area (Å²) in [4.78, 5) is 23.5. The second kappa shape index (κ2) is 9.24. The molecule has 1 fully saturated rings. The van der Waals surface area contributed by atoms with E-state index in [-0.39, 0.29) is 18.6 Å². The van der Waals surface area contributed by atoms with Gasteiger partial charge in [-0.05, 0) is 19.3 Å². The SMILES string of the molecule is C#CCc1c(F)c(F)c(COC(=O)[C@@H]2C[C@H]2/C=C(\C#N)C(=O)OCC)c(F)c1F. The van der Waals surface area contributed by atoms with E-state index >= 15 is 0 Å². The molecule has 0 aromatic heterocycles. The molecule has 0 radical (unpaired) electrons. The van der Waals surface area contributed by atoms with Gasteiger partial charge in [0.2, 0.25) is 0 Å². The summed E-state index contributed by atoms with van der Waals surface area (Å²) in [5.74, 6) is -7.76. The summed E-state index contributed by atoms with van der Waals surface area (Å²) in [5, 5.41) is 8.95. The van der Waals surface area contributed by atoms with Crippen molar-refractivity contribution in [3.05, 3.63) is 46.0 Å². The Kier molecular flexibility index (Phi) is 7.00. The van der Waals surface area contributed by atoms with E-state index in [1.54, 1.807) is 13.0 Å². The molecule has 1 aromatic rings. The molecule has 152 valence electrons. The number of rotatable bonds is 7. The van der Waals surface area contributed by atoms with Crippen molar-refractivity contribution in [3.63, 3.8) is 0 Å². The first-order valence-electron chi connectivity index (χ1n) is 8.49. The van der Waals surface area contributed by atoms with Crippen LogP contribution < -0.4 is 0 Å². The summed E-state index contributed by atoms with van der Waals surface area (Å²) >= 11 is 0. The van der Waals surface area contributed by atoms with Crippen molar-refractivity contribution < 1.29 is 36.6 Å². The maximum Gasteiger partial charge on any atom is 0.348 e. The Bertz CT molecular complexity index is 930. The third-order valence-corrected chi connectivity index (χ3v) is 4.22. The summed E-state index contributed by atoms with van der Waals surface area (Å²) in [6.45, 7) is 0.599. The molecule has 0 aliphatic heterocycles. The third-order valence-electron chi connectivity index (χ3n) is 4.22. The van der Waals surface area contributed by atoms with Crippen LogP contribution in [0.1, 0.15) is 24.5 Å². The topological polar surface area (TPSA) is 76.4 Å². The van der Waals surface area contributed by atoms with Gasteiger partial charge in [-0.15, -0.1) is 12.3 Å². The van der Waals surface area contributed by atoms with Crippen LogP contribution in [-0.2, 0) is 32.1 Å². The van der Waals surface area contributed by atoms with Crippen LogP contribution in [0.3, 0.4) is 0 Å². The summed E-state index contributed by atoms with van der Waals surface area (Å²) in [6, 6.07) is 1.66. The standard InChI is InChI=1S/C20H15F4NO4/c1-3-5-12-15(21)17(23)14(18(24)16(12)22)9-29-20(27)13-7-10(13)6-11(8-25)19(26)28-4-2/h1,6,10,13H,4-5,7,9H2,2H3/b11-6+/t10-,13-/m1/s1. The number of nitrogens with zero attached hydrogens (tertiary/aromatic N) is 1. The van der Waals surface area contributed by atoms with Crippen molar-refractivity contribution in [2.45, 2.75) is 26.4 Å². The number of nitriles is 1. The van der Waals surface area contributed by atoms with Gasteiger partial charge in [-0.2, -0.15) is 5.26 Å². The molecule has 5 nitrogen and oxygen atoms in total. The molecular formula is C20H15F4NO4. The number of carbonyl (C=O) groups is 2. The van der Waals surface area contributed by atoms with E-state index < -0.39 is 71.2 Å². The minimum Gasteiger partial charge on any atom is -0.462 e. The number of carbonyl (C=O) groups excluding carboxylic acids is 2. The second-order valence-corrected chi connectivity index (χ2v) is 6.12. The number of hydrogen-bond donors (Lipinski definition) is 0. The molecular weight excluding hydrogens is 394 g/mol. The van der Waals surface area contributed by atoms with Crippen molar-refractivity contribution in [1.82, 2.24) is 0 Å². The molecule has 1 aromatic carbocycles. The maximum atomic E-state index is 14.0. The number of allylic oxidation sites excluding steroid dienone is 1. The van der Waals surface area contributed by atoms with Crippen molar-refractivity contribution >= 4 is 11.9 Å². The Morgan fingerprint density at radius 1 is 1.14 bits per heavy atom. The predicted molar refractivity (Wildman–Crippen MR) is 90.5 cm³/mol. The summed E-state index contributed by atoms with van der Waals surface area (Å²) in [7, 11) is 0. The van der Waals surface area contributed by atoms with Gasteiger partial charge in [0.25, 0.3) is 0 Å². The van der Waals surface area contributed by atoms with E-state index in [1.807, 2.05) is 5.92 Å². The van der Waals surface area contributed by atoms with Crippen molar-refractivity contribution in [2.75, 3.05) is 6.61 Å². The number of ether oxygens (including phenoxy) is 2. The minimum absolute atomic E-state index is 0.0678. The lowest BCUT2D eigenvalue weighted by Gasteiger charge is -2.11. The second-order valence-electron chi connectivity index (χ2n) is 6.12. The Morgan fingerprint density at radius 3 is 2.24 bits per heavy atom. The van der Waals surface area contributed by atoms with Crippen LogP contribution in [-0.4, -0.2) is 18.5 Å². The average Bonchev–Trinajstić information content (AvgIpc) is 3.47. The Hall–Kier alpha value is -3.33. The molecule has 1 aliphatic rings. The third kappa shape index (κ3) is 4.75. The molecule has 0 unspecified atom stereocenters. The maximum absolute atomic E-state index is 14.0. The zero-order valence-electron chi connectivity index (χ0n) is 15.2. The van der Waals surface area contributed by atoms with Crippen LogP contribution in [0.15, 0.2) is 11.6 Å². The molecule has 0 saturated heterocycles. The highest BCUT2D eigenvalue weighted by Crippen LogP contribution is 2.41. The smallest absolute Gasteiger partial charge is 0.348 e. The van der Waals surface area contributed by atoms with Gasteiger partial charge in [0.05, 0.1) is 18.1 Å². The van der Waals surface area contributed by atoms with Crippen LogP contribution in [0.25, 0.3) is 0 Å². The number of benzene rings is 1. The first-order valence-corrected chi connectivity index (χ1v) is 8.49. The predicted octanol–water partition coefficient (Wildman–Crippen LogP) is 3.11. The molecule has 0 spiro atoms. The fourth-order valence-corrected chi connectivity index (χ4v) is 2.60.